The van der Waals surface area contributed by atoms with E-state index in [9.17, 15) is 0 Å². The number of hydrogen-bond donors (Lipinski definition) is 0. The van der Waals surface area contributed by atoms with E-state index in [0.29, 0.717) is 0 Å². The van der Waals surface area contributed by atoms with Crippen LogP contribution in [0.25, 0.3) is 0 Å². The number of rotatable bonds is 2. The Kier molecular flexibility index (Phi) is 3.90. The van der Waals surface area contributed by atoms with Crippen LogP contribution in [0.5, 0.6) is 0 Å². The minimum absolute atomic E-state index is 1.11. The smallest absolute Gasteiger partial charge is 0.000613 e. The van der Waals surface area contributed by atoms with Crippen molar-refractivity contribution >= 4 is 11.8 Å². The zero-order valence-corrected chi connectivity index (χ0v) is 5.59. The summed E-state index contributed by atoms with van der Waals surface area (Å²) in [5, 5.41) is 0. The maximum atomic E-state index is 3.74. The normalized spacial score (nSPS) is 10.0. The Morgan fingerprint density at radius 1 is 1.71 bits per heavy atom. The van der Waals surface area contributed by atoms with E-state index in [1.165, 1.54) is 0 Å². The molecule has 0 aromatic carbocycles. The predicted molar refractivity (Wildman–Crippen MR) is 37.5 cm³/mol. The van der Waals surface area contributed by atoms with Crippen LogP contribution in [0.15, 0.2) is 23.6 Å². The Bertz CT molecular complexity index is 82.2. The van der Waals surface area contributed by atoms with E-state index in [1.807, 2.05) is 25.3 Å². The fourth-order valence-electron chi connectivity index (χ4n) is 0.254. The van der Waals surface area contributed by atoms with Gasteiger partial charge in [-0.3, -0.25) is 0 Å². The highest BCUT2D eigenvalue weighted by Crippen LogP contribution is 2.07. The van der Waals surface area contributed by atoms with Crippen LogP contribution in [-0.2, 0) is 0 Å². The van der Waals surface area contributed by atoms with Gasteiger partial charge in [0.05, 0.1) is 0 Å². The van der Waals surface area contributed by atoms with Gasteiger partial charge in [0.15, 0.2) is 0 Å². The SMILES string of the molecule is C=C(C=CC)SC. The maximum absolute atomic E-state index is 3.74. The lowest BCUT2D eigenvalue weighted by atomic mass is 10.5. The molecule has 0 saturated carbocycles. The second kappa shape index (κ2) is 4.00. The molecule has 0 atom stereocenters. The largest absolute Gasteiger partial charge is 0.130 e. The molecule has 0 amide bonds. The molecule has 0 aliphatic rings. The summed E-state index contributed by atoms with van der Waals surface area (Å²) in [6.07, 6.45) is 5.99. The maximum Gasteiger partial charge on any atom is -0.000613 e. The van der Waals surface area contributed by atoms with Crippen LogP contribution in [0.4, 0.5) is 0 Å². The monoisotopic (exact) mass is 114 g/mol. The van der Waals surface area contributed by atoms with Gasteiger partial charge in [0.1, 0.15) is 0 Å². The Labute approximate surface area is 49.3 Å². The second-order valence-electron chi connectivity index (χ2n) is 1.17. The molecule has 0 aliphatic heterocycles. The summed E-state index contributed by atoms with van der Waals surface area (Å²) in [5.74, 6) is 0. The molecule has 0 saturated heterocycles. The van der Waals surface area contributed by atoms with Crippen molar-refractivity contribution in [2.75, 3.05) is 6.26 Å². The minimum atomic E-state index is 1.11. The highest BCUT2D eigenvalue weighted by molar-refractivity contribution is 8.02. The first-order valence-electron chi connectivity index (χ1n) is 2.17. The van der Waals surface area contributed by atoms with Crippen LogP contribution < -0.4 is 0 Å². The fraction of sp³-hybridized carbons (Fsp3) is 0.333. The van der Waals surface area contributed by atoms with Gasteiger partial charge in [-0.25, -0.2) is 0 Å². The van der Waals surface area contributed by atoms with E-state index in [4.69, 9.17) is 0 Å². The number of allylic oxidation sites excluding steroid dienone is 2. The number of thioether (sulfide) groups is 1. The van der Waals surface area contributed by atoms with Crippen molar-refractivity contribution in [2.45, 2.75) is 6.92 Å². The highest BCUT2D eigenvalue weighted by Gasteiger charge is 1.75. The highest BCUT2D eigenvalue weighted by atomic mass is 32.2. The lowest BCUT2D eigenvalue weighted by molar-refractivity contribution is 1.73. The van der Waals surface area contributed by atoms with Crippen molar-refractivity contribution in [1.82, 2.24) is 0 Å². The van der Waals surface area contributed by atoms with Gasteiger partial charge < -0.3 is 0 Å². The van der Waals surface area contributed by atoms with Crippen molar-refractivity contribution in [3.8, 4) is 0 Å². The van der Waals surface area contributed by atoms with Gasteiger partial charge >= 0.3 is 0 Å². The fourth-order valence-corrected chi connectivity index (χ4v) is 0.526. The van der Waals surface area contributed by atoms with Gasteiger partial charge in [0.2, 0.25) is 0 Å². The van der Waals surface area contributed by atoms with Crippen molar-refractivity contribution < 1.29 is 0 Å². The summed E-state index contributed by atoms with van der Waals surface area (Å²) in [4.78, 5) is 1.11. The Balaban J connectivity index is 3.37. The summed E-state index contributed by atoms with van der Waals surface area (Å²) in [7, 11) is 0. The molecule has 1 heteroatoms. The zero-order valence-electron chi connectivity index (χ0n) is 4.77. The molecule has 0 bridgehead atoms. The van der Waals surface area contributed by atoms with Gasteiger partial charge in [-0.15, -0.1) is 11.8 Å². The quantitative estimate of drug-likeness (QED) is 0.497. The topological polar surface area (TPSA) is 0 Å². The van der Waals surface area contributed by atoms with Crippen LogP contribution in [0, 0.1) is 0 Å². The van der Waals surface area contributed by atoms with Gasteiger partial charge in [-0.05, 0) is 18.1 Å². The van der Waals surface area contributed by atoms with Gasteiger partial charge in [-0.2, -0.15) is 0 Å². The van der Waals surface area contributed by atoms with Crippen molar-refractivity contribution in [2.24, 2.45) is 0 Å². The summed E-state index contributed by atoms with van der Waals surface area (Å²) in [5.41, 5.74) is 0. The van der Waals surface area contributed by atoms with Gasteiger partial charge in [0.25, 0.3) is 0 Å². The molecule has 7 heavy (non-hydrogen) atoms. The molecule has 0 unspecified atom stereocenters. The van der Waals surface area contributed by atoms with E-state index in [-0.39, 0.29) is 0 Å². The second-order valence-corrected chi connectivity index (χ2v) is 2.10. The Morgan fingerprint density at radius 3 is 2.43 bits per heavy atom. The van der Waals surface area contributed by atoms with E-state index in [0.717, 1.165) is 4.91 Å². The lowest BCUT2D eigenvalue weighted by Gasteiger charge is -1.85. The molecule has 0 aromatic heterocycles. The van der Waals surface area contributed by atoms with Crippen LogP contribution >= 0.6 is 11.8 Å². The first kappa shape index (κ1) is 6.83. The van der Waals surface area contributed by atoms with Crippen LogP contribution in [-0.4, -0.2) is 6.26 Å². The predicted octanol–water partition coefficient (Wildman–Crippen LogP) is 2.44. The number of hydrogen-bond acceptors (Lipinski definition) is 1. The summed E-state index contributed by atoms with van der Waals surface area (Å²) in [6.45, 7) is 5.73. The molecule has 0 rings (SSSR count). The van der Waals surface area contributed by atoms with Crippen LogP contribution in [0.1, 0.15) is 6.92 Å². The van der Waals surface area contributed by atoms with Crippen LogP contribution in [0.2, 0.25) is 0 Å². The van der Waals surface area contributed by atoms with Crippen molar-refractivity contribution in [1.29, 1.82) is 0 Å². The molecule has 0 radical (unpaired) electrons. The van der Waals surface area contributed by atoms with Crippen molar-refractivity contribution in [3.63, 3.8) is 0 Å². The molecule has 0 N–H and O–H groups in total. The van der Waals surface area contributed by atoms with Gasteiger partial charge in [-0.1, -0.05) is 18.7 Å². The summed E-state index contributed by atoms with van der Waals surface area (Å²) >= 11 is 1.67. The standard InChI is InChI=1S/C6H10S/c1-4-5-6(2)7-3/h4-5H,2H2,1,3H3. The molecule has 0 aliphatic carbocycles. The Hall–Kier alpha value is -0.170. The average molecular weight is 114 g/mol. The average Bonchev–Trinajstić information content (AvgIpc) is 1.68. The molecule has 40 valence electrons. The third-order valence-electron chi connectivity index (χ3n) is 0.615. The lowest BCUT2D eigenvalue weighted by Crippen LogP contribution is -1.57. The summed E-state index contributed by atoms with van der Waals surface area (Å²) < 4.78 is 0. The molecule has 0 fully saturated rings. The van der Waals surface area contributed by atoms with E-state index < -0.39 is 0 Å². The minimum Gasteiger partial charge on any atom is -0.130 e. The molecule has 0 nitrogen and oxygen atoms in total. The third kappa shape index (κ3) is 3.67. The van der Waals surface area contributed by atoms with Crippen LogP contribution in [0.3, 0.4) is 0 Å². The van der Waals surface area contributed by atoms with Crippen molar-refractivity contribution in [3.05, 3.63) is 23.6 Å². The first-order chi connectivity index (χ1) is 3.31. The molecule has 0 aromatic rings. The molecule has 0 heterocycles. The van der Waals surface area contributed by atoms with E-state index in [2.05, 4.69) is 6.58 Å². The van der Waals surface area contributed by atoms with E-state index in [1.54, 1.807) is 11.8 Å². The summed E-state index contributed by atoms with van der Waals surface area (Å²) in [6, 6.07) is 0. The molecule has 0 spiro atoms. The zero-order chi connectivity index (χ0) is 5.70. The third-order valence-corrected chi connectivity index (χ3v) is 1.28. The molecular weight excluding hydrogens is 104 g/mol. The molecular formula is C6H10S. The Morgan fingerprint density at radius 2 is 2.29 bits per heavy atom. The van der Waals surface area contributed by atoms with E-state index >= 15 is 0 Å². The first-order valence-corrected chi connectivity index (χ1v) is 3.39. The van der Waals surface area contributed by atoms with Gasteiger partial charge in [0, 0.05) is 0 Å².